The zero-order valence-corrected chi connectivity index (χ0v) is 15.6. The third-order valence-corrected chi connectivity index (χ3v) is 6.00. The molecular weight excluding hydrogens is 343 g/mol. The summed E-state index contributed by atoms with van der Waals surface area (Å²) in [5.41, 5.74) is 2.25. The van der Waals surface area contributed by atoms with Crippen molar-refractivity contribution in [1.82, 2.24) is 4.90 Å². The Morgan fingerprint density at radius 1 is 1.30 bits per heavy atom. The van der Waals surface area contributed by atoms with Crippen LogP contribution in [0.4, 0.5) is 10.1 Å². The number of hydrogen-bond acceptors (Lipinski definition) is 2. The van der Waals surface area contributed by atoms with Crippen LogP contribution in [-0.2, 0) is 10.2 Å². The zero-order chi connectivity index (χ0) is 19.2. The lowest BCUT2D eigenvalue weighted by Crippen LogP contribution is -2.48. The van der Waals surface area contributed by atoms with E-state index in [-0.39, 0.29) is 23.7 Å². The maximum Gasteiger partial charge on any atom is 0.254 e. The van der Waals surface area contributed by atoms with Crippen molar-refractivity contribution < 1.29 is 14.0 Å². The largest absolute Gasteiger partial charge is 0.334 e. The van der Waals surface area contributed by atoms with Gasteiger partial charge in [0.05, 0.1) is 11.5 Å². The first-order valence-corrected chi connectivity index (χ1v) is 9.47. The van der Waals surface area contributed by atoms with E-state index < -0.39 is 5.41 Å². The molecule has 140 valence electrons. The van der Waals surface area contributed by atoms with E-state index in [9.17, 15) is 14.0 Å². The molecule has 2 aromatic carbocycles. The predicted molar refractivity (Wildman–Crippen MR) is 102 cm³/mol. The Hall–Kier alpha value is -2.69. The summed E-state index contributed by atoms with van der Waals surface area (Å²) < 4.78 is 13.5. The summed E-state index contributed by atoms with van der Waals surface area (Å²) in [5, 5.41) is 3.01. The average Bonchev–Trinajstić information content (AvgIpc) is 3.15. The topological polar surface area (TPSA) is 49.4 Å². The van der Waals surface area contributed by atoms with Gasteiger partial charge < -0.3 is 10.2 Å². The van der Waals surface area contributed by atoms with Gasteiger partial charge in [0.1, 0.15) is 5.82 Å². The SMILES string of the molecule is CCC[C@@H]1N(C(=O)c2ccc(F)cc2C)CC[C@]12C(=O)Nc1ccccc12. The maximum absolute atomic E-state index is 13.5. The van der Waals surface area contributed by atoms with E-state index in [0.717, 1.165) is 24.1 Å². The number of halogens is 1. The van der Waals surface area contributed by atoms with Crippen LogP contribution in [-0.4, -0.2) is 29.3 Å². The number of carbonyl (C=O) groups is 2. The highest BCUT2D eigenvalue weighted by molar-refractivity contribution is 6.08. The lowest BCUT2D eigenvalue weighted by atomic mass is 9.73. The van der Waals surface area contributed by atoms with Gasteiger partial charge in [-0.05, 0) is 55.2 Å². The molecule has 2 amide bonds. The predicted octanol–water partition coefficient (Wildman–Crippen LogP) is 4.04. The Bertz CT molecular complexity index is 926. The summed E-state index contributed by atoms with van der Waals surface area (Å²) in [6, 6.07) is 11.8. The minimum Gasteiger partial charge on any atom is -0.334 e. The average molecular weight is 366 g/mol. The summed E-state index contributed by atoms with van der Waals surface area (Å²) >= 11 is 0. The zero-order valence-electron chi connectivity index (χ0n) is 15.6. The summed E-state index contributed by atoms with van der Waals surface area (Å²) in [6.07, 6.45) is 2.22. The van der Waals surface area contributed by atoms with Gasteiger partial charge >= 0.3 is 0 Å². The van der Waals surface area contributed by atoms with Crippen molar-refractivity contribution in [2.24, 2.45) is 0 Å². The van der Waals surface area contributed by atoms with E-state index in [1.165, 1.54) is 12.1 Å². The van der Waals surface area contributed by atoms with Gasteiger partial charge in [0.2, 0.25) is 5.91 Å². The Kier molecular flexibility index (Phi) is 4.25. The normalized spacial score (nSPS) is 23.6. The molecule has 0 saturated carbocycles. The first kappa shape index (κ1) is 17.7. The van der Waals surface area contributed by atoms with Crippen LogP contribution < -0.4 is 5.32 Å². The van der Waals surface area contributed by atoms with Crippen LogP contribution in [0.25, 0.3) is 0 Å². The van der Waals surface area contributed by atoms with Crippen LogP contribution in [0.15, 0.2) is 42.5 Å². The number of anilines is 1. The summed E-state index contributed by atoms with van der Waals surface area (Å²) in [6.45, 7) is 4.33. The number of hydrogen-bond donors (Lipinski definition) is 1. The second-order valence-corrected chi connectivity index (χ2v) is 7.48. The minimum absolute atomic E-state index is 0.0201. The van der Waals surface area contributed by atoms with Gasteiger partial charge in [-0.2, -0.15) is 0 Å². The number of rotatable bonds is 3. The standard InChI is InChI=1S/C22H23FN2O2/c1-3-6-19-22(17-7-4-5-8-18(17)24-21(22)27)11-12-25(19)20(26)16-10-9-15(23)13-14(16)2/h4-5,7-10,13,19H,3,6,11-12H2,1-2H3,(H,24,27)/t19-,22+/m0/s1. The van der Waals surface area contributed by atoms with Crippen molar-refractivity contribution >= 4 is 17.5 Å². The van der Waals surface area contributed by atoms with Gasteiger partial charge in [0.25, 0.3) is 5.91 Å². The first-order valence-electron chi connectivity index (χ1n) is 9.47. The molecule has 4 nitrogen and oxygen atoms in total. The highest BCUT2D eigenvalue weighted by atomic mass is 19.1. The van der Waals surface area contributed by atoms with Gasteiger partial charge in [-0.25, -0.2) is 4.39 Å². The number of benzene rings is 2. The van der Waals surface area contributed by atoms with Crippen LogP contribution in [0, 0.1) is 12.7 Å². The summed E-state index contributed by atoms with van der Waals surface area (Å²) in [7, 11) is 0. The molecule has 1 fully saturated rings. The third kappa shape index (κ3) is 2.56. The molecule has 1 N–H and O–H groups in total. The lowest BCUT2D eigenvalue weighted by molar-refractivity contribution is -0.121. The van der Waals surface area contributed by atoms with Crippen molar-refractivity contribution in [1.29, 1.82) is 0 Å². The Morgan fingerprint density at radius 3 is 2.81 bits per heavy atom. The molecule has 0 radical (unpaired) electrons. The second kappa shape index (κ2) is 6.48. The van der Waals surface area contributed by atoms with Crippen molar-refractivity contribution in [2.45, 2.75) is 44.6 Å². The molecular formula is C22H23FN2O2. The van der Waals surface area contributed by atoms with Gasteiger partial charge in [0.15, 0.2) is 0 Å². The van der Waals surface area contributed by atoms with E-state index in [2.05, 4.69) is 12.2 Å². The summed E-state index contributed by atoms with van der Waals surface area (Å²) in [5.74, 6) is -0.496. The number of fused-ring (bicyclic) bond motifs is 2. The minimum atomic E-state index is -0.698. The van der Waals surface area contributed by atoms with Crippen molar-refractivity contribution in [3.63, 3.8) is 0 Å². The van der Waals surface area contributed by atoms with Crippen LogP contribution >= 0.6 is 0 Å². The van der Waals surface area contributed by atoms with E-state index in [1.54, 1.807) is 13.0 Å². The number of nitrogens with one attached hydrogen (secondary N) is 1. The van der Waals surface area contributed by atoms with Gasteiger partial charge in [0, 0.05) is 17.8 Å². The van der Waals surface area contributed by atoms with Crippen LogP contribution in [0.5, 0.6) is 0 Å². The molecule has 5 heteroatoms. The molecule has 0 aliphatic carbocycles. The van der Waals surface area contributed by atoms with Gasteiger partial charge in [-0.1, -0.05) is 31.5 Å². The number of likely N-dealkylation sites (tertiary alicyclic amines) is 1. The maximum atomic E-state index is 13.5. The molecule has 2 atom stereocenters. The number of amides is 2. The quantitative estimate of drug-likeness (QED) is 0.891. The molecule has 1 spiro atoms. The van der Waals surface area contributed by atoms with Crippen LogP contribution in [0.1, 0.15) is 47.7 Å². The molecule has 0 aromatic heterocycles. The van der Waals surface area contributed by atoms with Crippen molar-refractivity contribution in [2.75, 3.05) is 11.9 Å². The molecule has 2 aliphatic heterocycles. The van der Waals surface area contributed by atoms with Crippen molar-refractivity contribution in [3.8, 4) is 0 Å². The van der Waals surface area contributed by atoms with E-state index >= 15 is 0 Å². The van der Waals surface area contributed by atoms with Crippen molar-refractivity contribution in [3.05, 3.63) is 65.0 Å². The van der Waals surface area contributed by atoms with Gasteiger partial charge in [-0.3, -0.25) is 9.59 Å². The lowest BCUT2D eigenvalue weighted by Gasteiger charge is -2.34. The monoisotopic (exact) mass is 366 g/mol. The fraction of sp³-hybridized carbons (Fsp3) is 0.364. The molecule has 2 aliphatic rings. The smallest absolute Gasteiger partial charge is 0.254 e. The third-order valence-electron chi connectivity index (χ3n) is 6.00. The fourth-order valence-electron chi connectivity index (χ4n) is 4.74. The molecule has 1 saturated heterocycles. The molecule has 4 rings (SSSR count). The Morgan fingerprint density at radius 2 is 2.07 bits per heavy atom. The van der Waals surface area contributed by atoms with E-state index in [4.69, 9.17) is 0 Å². The number of carbonyl (C=O) groups excluding carboxylic acids is 2. The molecule has 0 bridgehead atoms. The number of para-hydroxylation sites is 1. The van der Waals surface area contributed by atoms with Gasteiger partial charge in [-0.15, -0.1) is 0 Å². The molecule has 0 unspecified atom stereocenters. The molecule has 2 heterocycles. The first-order chi connectivity index (χ1) is 13.0. The number of aryl methyl sites for hydroxylation is 1. The van der Waals surface area contributed by atoms with Crippen LogP contribution in [0.3, 0.4) is 0 Å². The van der Waals surface area contributed by atoms with E-state index in [1.807, 2.05) is 29.2 Å². The second-order valence-electron chi connectivity index (χ2n) is 7.48. The molecule has 27 heavy (non-hydrogen) atoms. The fourth-order valence-corrected chi connectivity index (χ4v) is 4.74. The van der Waals surface area contributed by atoms with E-state index in [0.29, 0.717) is 24.1 Å². The number of nitrogens with zero attached hydrogens (tertiary/aromatic N) is 1. The Labute approximate surface area is 158 Å². The highest BCUT2D eigenvalue weighted by Crippen LogP contribution is 2.49. The summed E-state index contributed by atoms with van der Waals surface area (Å²) in [4.78, 5) is 28.2. The highest BCUT2D eigenvalue weighted by Gasteiger charge is 2.58. The van der Waals surface area contributed by atoms with Crippen LogP contribution in [0.2, 0.25) is 0 Å². The molecule has 2 aromatic rings. The Balaban J connectivity index is 1.76.